The number of hydrogen-bond acceptors (Lipinski definition) is 2. The van der Waals surface area contributed by atoms with Gasteiger partial charge in [-0.25, -0.2) is 4.79 Å². The van der Waals surface area contributed by atoms with Gasteiger partial charge in [0, 0.05) is 0 Å². The first-order chi connectivity index (χ1) is 6.20. The van der Waals surface area contributed by atoms with Crippen molar-refractivity contribution < 1.29 is 14.6 Å². The van der Waals surface area contributed by atoms with Crippen molar-refractivity contribution >= 4 is 18.4 Å². The molecule has 0 spiro atoms. The quantitative estimate of drug-likeness (QED) is 0.781. The van der Waals surface area contributed by atoms with Crippen molar-refractivity contribution in [3.8, 4) is 5.75 Å². The maximum atomic E-state index is 10.3. The topological polar surface area (TPSA) is 46.5 Å². The third kappa shape index (κ3) is 3.96. The van der Waals surface area contributed by atoms with Crippen molar-refractivity contribution in [2.75, 3.05) is 6.61 Å². The molecule has 0 aliphatic heterocycles. The minimum atomic E-state index is -1.03. The summed E-state index contributed by atoms with van der Waals surface area (Å²) in [4.78, 5) is 10.3. The Morgan fingerprint density at radius 3 is 2.43 bits per heavy atom. The van der Waals surface area contributed by atoms with Crippen LogP contribution in [-0.4, -0.2) is 17.7 Å². The van der Waals surface area contributed by atoms with Crippen molar-refractivity contribution in [1.29, 1.82) is 0 Å². The second kappa shape index (κ2) is 6.05. The molecular weight excluding hydrogens is 204 g/mol. The lowest BCUT2D eigenvalue weighted by Gasteiger charge is -2.04. The van der Waals surface area contributed by atoms with Gasteiger partial charge in [-0.2, -0.15) is 0 Å². The molecule has 0 radical (unpaired) electrons. The van der Waals surface area contributed by atoms with E-state index in [9.17, 15) is 4.79 Å². The zero-order chi connectivity index (χ0) is 9.68. The fourth-order valence-corrected chi connectivity index (χ4v) is 0.749. The van der Waals surface area contributed by atoms with E-state index in [4.69, 9.17) is 9.84 Å². The second-order valence-electron chi connectivity index (χ2n) is 2.51. The number of aliphatic carboxylic acids is 1. The largest absolute Gasteiger partial charge is 0.489 e. The van der Waals surface area contributed by atoms with Gasteiger partial charge in [-0.05, 0) is 12.1 Å². The lowest BCUT2D eigenvalue weighted by Crippen LogP contribution is -2.08. The van der Waals surface area contributed by atoms with E-state index in [0.29, 0.717) is 5.75 Å². The molecule has 14 heavy (non-hydrogen) atoms. The molecule has 0 bridgehead atoms. The van der Waals surface area contributed by atoms with Gasteiger partial charge in [-0.15, -0.1) is 12.4 Å². The summed E-state index contributed by atoms with van der Waals surface area (Å²) in [7, 11) is 0. The molecule has 0 atom stereocenters. The van der Waals surface area contributed by atoms with Gasteiger partial charge < -0.3 is 9.84 Å². The highest BCUT2D eigenvalue weighted by Gasteiger charge is 2.03. The average Bonchev–Trinajstić information content (AvgIpc) is 2.15. The first-order valence-corrected chi connectivity index (χ1v) is 3.79. The summed E-state index contributed by atoms with van der Waals surface area (Å²) >= 11 is 0. The average molecular weight is 215 g/mol. The molecule has 1 rings (SSSR count). The van der Waals surface area contributed by atoms with Crippen LogP contribution in [0.5, 0.6) is 5.75 Å². The summed E-state index contributed by atoms with van der Waals surface area (Å²) in [6.07, 6.45) is 0. The molecule has 0 heterocycles. The van der Waals surface area contributed by atoms with Crippen LogP contribution in [0.3, 0.4) is 0 Å². The van der Waals surface area contributed by atoms with E-state index >= 15 is 0 Å². The molecule has 0 aliphatic carbocycles. The van der Waals surface area contributed by atoms with Crippen molar-refractivity contribution in [2.45, 2.75) is 0 Å². The van der Waals surface area contributed by atoms with Gasteiger partial charge in [-0.3, -0.25) is 0 Å². The smallest absolute Gasteiger partial charge is 0.334 e. The van der Waals surface area contributed by atoms with Crippen LogP contribution in [0, 0.1) is 0 Å². The maximum Gasteiger partial charge on any atom is 0.334 e. The van der Waals surface area contributed by atoms with E-state index in [2.05, 4.69) is 6.58 Å². The minimum Gasteiger partial charge on any atom is -0.489 e. The summed E-state index contributed by atoms with van der Waals surface area (Å²) in [5.74, 6) is -0.388. The molecule has 4 heteroatoms. The number of rotatable bonds is 4. The molecule has 76 valence electrons. The summed E-state index contributed by atoms with van der Waals surface area (Å²) in [6.45, 7) is 3.36. The molecule has 0 aromatic heterocycles. The van der Waals surface area contributed by atoms with Gasteiger partial charge in [0.2, 0.25) is 0 Å². The molecule has 0 unspecified atom stereocenters. The number of benzene rings is 1. The van der Waals surface area contributed by atoms with Gasteiger partial charge in [0.05, 0.1) is 5.57 Å². The Labute approximate surface area is 88.4 Å². The van der Waals surface area contributed by atoms with Gasteiger partial charge in [0.1, 0.15) is 12.4 Å². The number of ether oxygens (including phenoxy) is 1. The first-order valence-electron chi connectivity index (χ1n) is 3.79. The van der Waals surface area contributed by atoms with Gasteiger partial charge in [0.25, 0.3) is 0 Å². The van der Waals surface area contributed by atoms with Crippen LogP contribution >= 0.6 is 12.4 Å². The SMILES string of the molecule is C=C(COc1ccccc1)C(=O)O.Cl. The van der Waals surface area contributed by atoms with Crippen molar-refractivity contribution in [3.63, 3.8) is 0 Å². The van der Waals surface area contributed by atoms with Gasteiger partial charge >= 0.3 is 5.97 Å². The second-order valence-corrected chi connectivity index (χ2v) is 2.51. The maximum absolute atomic E-state index is 10.3. The van der Waals surface area contributed by atoms with Crippen LogP contribution in [0.25, 0.3) is 0 Å². The number of carboxylic acid groups (broad SMARTS) is 1. The normalized spacial score (nSPS) is 8.57. The Hall–Kier alpha value is -1.48. The van der Waals surface area contributed by atoms with Gasteiger partial charge in [0.15, 0.2) is 0 Å². The summed E-state index contributed by atoms with van der Waals surface area (Å²) in [5, 5.41) is 8.48. The van der Waals surface area contributed by atoms with E-state index in [1.807, 2.05) is 18.2 Å². The lowest BCUT2D eigenvalue weighted by molar-refractivity contribution is -0.133. The van der Waals surface area contributed by atoms with E-state index in [1.54, 1.807) is 12.1 Å². The zero-order valence-corrected chi connectivity index (χ0v) is 8.29. The first kappa shape index (κ1) is 12.5. The predicted octanol–water partition coefficient (Wildman–Crippen LogP) is 2.13. The molecular formula is C10H11ClO3. The molecule has 0 saturated heterocycles. The number of para-hydroxylation sites is 1. The number of halogens is 1. The molecule has 0 fully saturated rings. The molecule has 1 aromatic rings. The zero-order valence-electron chi connectivity index (χ0n) is 7.47. The Balaban J connectivity index is 0.00000169. The van der Waals surface area contributed by atoms with E-state index in [0.717, 1.165) is 0 Å². The van der Waals surface area contributed by atoms with Crippen LogP contribution in [0.2, 0.25) is 0 Å². The van der Waals surface area contributed by atoms with Crippen molar-refractivity contribution in [3.05, 3.63) is 42.5 Å². The summed E-state index contributed by atoms with van der Waals surface area (Å²) < 4.78 is 5.15. The van der Waals surface area contributed by atoms with Crippen LogP contribution < -0.4 is 4.74 Å². The highest BCUT2D eigenvalue weighted by Crippen LogP contribution is 2.09. The molecule has 0 amide bonds. The Bertz CT molecular complexity index is 308. The van der Waals surface area contributed by atoms with Crippen molar-refractivity contribution in [2.24, 2.45) is 0 Å². The summed E-state index contributed by atoms with van der Waals surface area (Å²) in [6, 6.07) is 9.01. The Morgan fingerprint density at radius 2 is 1.93 bits per heavy atom. The van der Waals surface area contributed by atoms with Crippen molar-refractivity contribution in [1.82, 2.24) is 0 Å². The lowest BCUT2D eigenvalue weighted by atomic mass is 10.3. The number of carboxylic acids is 1. The van der Waals surface area contributed by atoms with Crippen LogP contribution in [0.1, 0.15) is 0 Å². The number of carbonyl (C=O) groups is 1. The number of hydrogen-bond donors (Lipinski definition) is 1. The Morgan fingerprint density at radius 1 is 1.36 bits per heavy atom. The predicted molar refractivity (Wildman–Crippen MR) is 56.0 cm³/mol. The molecule has 1 aromatic carbocycles. The standard InChI is InChI=1S/C10H10O3.ClH/c1-8(10(11)12)7-13-9-5-3-2-4-6-9;/h2-6H,1,7H2,(H,11,12);1H. The van der Waals surface area contributed by atoms with Crippen LogP contribution in [0.15, 0.2) is 42.5 Å². The van der Waals surface area contributed by atoms with E-state index < -0.39 is 5.97 Å². The highest BCUT2D eigenvalue weighted by molar-refractivity contribution is 5.86. The molecule has 0 aliphatic rings. The molecule has 0 saturated carbocycles. The van der Waals surface area contributed by atoms with E-state index in [-0.39, 0.29) is 24.6 Å². The highest BCUT2D eigenvalue weighted by atomic mass is 35.5. The molecule has 1 N–H and O–H groups in total. The van der Waals surface area contributed by atoms with E-state index in [1.165, 1.54) is 0 Å². The fourth-order valence-electron chi connectivity index (χ4n) is 0.749. The minimum absolute atomic E-state index is 0. The monoisotopic (exact) mass is 214 g/mol. The van der Waals surface area contributed by atoms with Crippen LogP contribution in [-0.2, 0) is 4.79 Å². The van der Waals surface area contributed by atoms with Crippen LogP contribution in [0.4, 0.5) is 0 Å². The van der Waals surface area contributed by atoms with Gasteiger partial charge in [-0.1, -0.05) is 24.8 Å². The summed E-state index contributed by atoms with van der Waals surface area (Å²) in [5.41, 5.74) is 0.0452. The molecule has 3 nitrogen and oxygen atoms in total. The third-order valence-corrected chi connectivity index (χ3v) is 1.46. The Kier molecular flexibility index (Phi) is 5.41. The third-order valence-electron chi connectivity index (χ3n) is 1.46. The fraction of sp³-hybridized carbons (Fsp3) is 0.100.